The molecule has 0 unspecified atom stereocenters. The Balaban J connectivity index is 1.64. The first kappa shape index (κ1) is 23.0. The van der Waals surface area contributed by atoms with Gasteiger partial charge in [-0.25, -0.2) is 9.69 Å². The van der Waals surface area contributed by atoms with Gasteiger partial charge in [-0.15, -0.1) is 0 Å². The quantitative estimate of drug-likeness (QED) is 0.338. The molecule has 5 nitrogen and oxygen atoms in total. The molecule has 1 heterocycles. The summed E-state index contributed by atoms with van der Waals surface area (Å²) in [6.07, 6.45) is 2.22. The number of carbonyl (C=O) groups is 3. The molecule has 0 aromatic heterocycles. The van der Waals surface area contributed by atoms with E-state index >= 15 is 0 Å². The molecule has 0 aliphatic carbocycles. The van der Waals surface area contributed by atoms with Gasteiger partial charge in [0.05, 0.1) is 10.7 Å². The Kier molecular flexibility index (Phi) is 6.49. The average Bonchev–Trinajstić information content (AvgIpc) is 2.73. The van der Waals surface area contributed by atoms with Gasteiger partial charge >= 0.3 is 6.03 Å². The highest BCUT2D eigenvalue weighted by molar-refractivity contribution is 9.10. The molecular weight excluding hydrogens is 504 g/mol. The van der Waals surface area contributed by atoms with Crippen LogP contribution in [0.3, 0.4) is 0 Å². The zero-order valence-corrected chi connectivity index (χ0v) is 20.3. The van der Waals surface area contributed by atoms with E-state index in [9.17, 15) is 14.4 Å². The summed E-state index contributed by atoms with van der Waals surface area (Å²) in [7, 11) is 0. The molecule has 1 aliphatic rings. The predicted octanol–water partition coefficient (Wildman–Crippen LogP) is 5.98. The summed E-state index contributed by atoms with van der Waals surface area (Å²) < 4.78 is 0.860. The lowest BCUT2D eigenvalue weighted by molar-refractivity contribution is -0.122. The number of barbiturate groups is 1. The summed E-state index contributed by atoms with van der Waals surface area (Å²) >= 11 is 9.78. The largest absolute Gasteiger partial charge is 0.335 e. The highest BCUT2D eigenvalue weighted by Gasteiger charge is 2.37. The minimum absolute atomic E-state index is 0.150. The molecule has 4 amide bonds. The number of imide groups is 2. The number of nitrogens with zero attached hydrogens (tertiary/aromatic N) is 1. The fourth-order valence-electron chi connectivity index (χ4n) is 3.86. The van der Waals surface area contributed by atoms with Crippen molar-refractivity contribution in [3.63, 3.8) is 0 Å². The van der Waals surface area contributed by atoms with Gasteiger partial charge in [0, 0.05) is 4.47 Å². The second-order valence-corrected chi connectivity index (χ2v) is 9.19. The summed E-state index contributed by atoms with van der Waals surface area (Å²) in [5, 5.41) is 2.44. The number of hydrogen-bond acceptors (Lipinski definition) is 3. The predicted molar refractivity (Wildman–Crippen MR) is 133 cm³/mol. The molecule has 0 saturated carbocycles. The van der Waals surface area contributed by atoms with Crippen molar-refractivity contribution in [1.29, 1.82) is 0 Å². The molecule has 4 rings (SSSR count). The molecular formula is C26H20BrClN2O3. The molecule has 1 saturated heterocycles. The van der Waals surface area contributed by atoms with Crippen LogP contribution in [-0.2, 0) is 16.0 Å². The third kappa shape index (κ3) is 4.92. The first-order chi connectivity index (χ1) is 15.7. The number of aryl methyl sites for hydroxylation is 2. The summed E-state index contributed by atoms with van der Waals surface area (Å²) in [6.45, 7) is 4.15. The Labute approximate surface area is 205 Å². The zero-order chi connectivity index (χ0) is 23.7. The normalized spacial score (nSPS) is 15.2. The van der Waals surface area contributed by atoms with Crippen LogP contribution in [0.25, 0.3) is 6.08 Å². The van der Waals surface area contributed by atoms with E-state index in [1.165, 1.54) is 22.8 Å². The molecule has 0 bridgehead atoms. The number of nitrogens with one attached hydrogen (secondary N) is 1. The number of hydrogen-bond donors (Lipinski definition) is 1. The molecule has 3 aromatic rings. The smallest absolute Gasteiger partial charge is 0.273 e. The first-order valence-corrected chi connectivity index (χ1v) is 11.4. The highest BCUT2D eigenvalue weighted by atomic mass is 79.9. The maximum Gasteiger partial charge on any atom is 0.335 e. The van der Waals surface area contributed by atoms with Gasteiger partial charge in [-0.1, -0.05) is 81.1 Å². The topological polar surface area (TPSA) is 66.5 Å². The molecule has 0 spiro atoms. The van der Waals surface area contributed by atoms with E-state index in [1.807, 2.05) is 18.2 Å². The number of halogens is 2. The van der Waals surface area contributed by atoms with Gasteiger partial charge in [-0.2, -0.15) is 0 Å². The molecule has 1 fully saturated rings. The number of benzene rings is 3. The van der Waals surface area contributed by atoms with Crippen molar-refractivity contribution >= 4 is 57.1 Å². The van der Waals surface area contributed by atoms with Gasteiger partial charge in [-0.05, 0) is 61.2 Å². The fourth-order valence-corrected chi connectivity index (χ4v) is 4.62. The highest BCUT2D eigenvalue weighted by Crippen LogP contribution is 2.29. The Morgan fingerprint density at radius 1 is 0.970 bits per heavy atom. The first-order valence-electron chi connectivity index (χ1n) is 10.2. The monoisotopic (exact) mass is 522 g/mol. The van der Waals surface area contributed by atoms with Crippen LogP contribution in [0.2, 0.25) is 5.02 Å². The Morgan fingerprint density at radius 3 is 2.33 bits per heavy atom. The molecule has 1 N–H and O–H groups in total. The van der Waals surface area contributed by atoms with Crippen molar-refractivity contribution in [2.75, 3.05) is 4.90 Å². The van der Waals surface area contributed by atoms with Crippen LogP contribution in [0.4, 0.5) is 10.5 Å². The summed E-state index contributed by atoms with van der Waals surface area (Å²) in [5.74, 6) is -1.48. The summed E-state index contributed by atoms with van der Waals surface area (Å²) in [4.78, 5) is 38.8. The standard InChI is InChI=1S/C26H20BrClN2O3/c1-15-9-16(2)11-18(10-15)12-19-8-7-17(14-21(19)27)13-20-24(31)29-26(33)30(25(20)32)23-6-4-3-5-22(23)28/h3-11,13-14H,12H2,1-2H3,(H,29,31,33)/b20-13+. The number of para-hydroxylation sites is 1. The van der Waals surface area contributed by atoms with E-state index in [0.29, 0.717) is 5.56 Å². The Hall–Kier alpha value is -3.22. The van der Waals surface area contributed by atoms with Crippen molar-refractivity contribution in [2.24, 2.45) is 0 Å². The van der Waals surface area contributed by atoms with Crippen molar-refractivity contribution in [3.05, 3.63) is 104 Å². The second kappa shape index (κ2) is 9.33. The zero-order valence-electron chi connectivity index (χ0n) is 18.0. The van der Waals surface area contributed by atoms with Crippen LogP contribution in [0.1, 0.15) is 27.8 Å². The van der Waals surface area contributed by atoms with Gasteiger partial charge in [0.15, 0.2) is 0 Å². The van der Waals surface area contributed by atoms with Crippen LogP contribution >= 0.6 is 27.5 Å². The molecule has 7 heteroatoms. The molecule has 0 atom stereocenters. The van der Waals surface area contributed by atoms with Crippen LogP contribution in [0.15, 0.2) is 70.7 Å². The van der Waals surface area contributed by atoms with Gasteiger partial charge in [0.1, 0.15) is 5.57 Å². The van der Waals surface area contributed by atoms with E-state index in [1.54, 1.807) is 24.3 Å². The minimum Gasteiger partial charge on any atom is -0.273 e. The molecule has 33 heavy (non-hydrogen) atoms. The number of rotatable bonds is 4. The number of carbonyl (C=O) groups excluding carboxylic acids is 3. The van der Waals surface area contributed by atoms with E-state index in [2.05, 4.69) is 53.3 Å². The molecule has 1 aliphatic heterocycles. The molecule has 3 aromatic carbocycles. The number of anilines is 1. The fraction of sp³-hybridized carbons (Fsp3) is 0.115. The lowest BCUT2D eigenvalue weighted by atomic mass is 9.99. The lowest BCUT2D eigenvalue weighted by Crippen LogP contribution is -2.54. The van der Waals surface area contributed by atoms with E-state index in [0.717, 1.165) is 21.4 Å². The van der Waals surface area contributed by atoms with Gasteiger partial charge in [0.2, 0.25) is 0 Å². The Bertz CT molecular complexity index is 1310. The van der Waals surface area contributed by atoms with Gasteiger partial charge in [0.25, 0.3) is 11.8 Å². The number of amides is 4. The van der Waals surface area contributed by atoms with E-state index in [-0.39, 0.29) is 16.3 Å². The van der Waals surface area contributed by atoms with Crippen LogP contribution < -0.4 is 10.2 Å². The van der Waals surface area contributed by atoms with Gasteiger partial charge in [-0.3, -0.25) is 14.9 Å². The Morgan fingerprint density at radius 2 is 1.67 bits per heavy atom. The van der Waals surface area contributed by atoms with Gasteiger partial charge < -0.3 is 0 Å². The minimum atomic E-state index is -0.833. The maximum atomic E-state index is 13.1. The van der Waals surface area contributed by atoms with Crippen molar-refractivity contribution in [2.45, 2.75) is 20.3 Å². The molecule has 166 valence electrons. The van der Waals surface area contributed by atoms with Crippen LogP contribution in [0.5, 0.6) is 0 Å². The third-order valence-corrected chi connectivity index (χ3v) is 6.32. The summed E-state index contributed by atoms with van der Waals surface area (Å²) in [5.41, 5.74) is 5.42. The van der Waals surface area contributed by atoms with Crippen LogP contribution in [0, 0.1) is 13.8 Å². The van der Waals surface area contributed by atoms with Crippen molar-refractivity contribution in [3.8, 4) is 0 Å². The third-order valence-electron chi connectivity index (χ3n) is 5.26. The molecule has 0 radical (unpaired) electrons. The van der Waals surface area contributed by atoms with Crippen LogP contribution in [-0.4, -0.2) is 17.8 Å². The lowest BCUT2D eigenvalue weighted by Gasteiger charge is -2.27. The van der Waals surface area contributed by atoms with E-state index < -0.39 is 17.8 Å². The summed E-state index contributed by atoms with van der Waals surface area (Å²) in [6, 6.07) is 17.7. The average molecular weight is 524 g/mol. The SMILES string of the molecule is Cc1cc(C)cc(Cc2ccc(/C=C3\C(=O)NC(=O)N(c4ccccc4Cl)C3=O)cc2Br)c1. The maximum absolute atomic E-state index is 13.1. The van der Waals surface area contributed by atoms with Crippen molar-refractivity contribution in [1.82, 2.24) is 5.32 Å². The number of urea groups is 1. The van der Waals surface area contributed by atoms with Crippen molar-refractivity contribution < 1.29 is 14.4 Å². The van der Waals surface area contributed by atoms with E-state index in [4.69, 9.17) is 11.6 Å². The second-order valence-electron chi connectivity index (χ2n) is 7.93.